The van der Waals surface area contributed by atoms with Gasteiger partial charge in [-0.3, -0.25) is 0 Å². The summed E-state index contributed by atoms with van der Waals surface area (Å²) in [7, 11) is 0. The fourth-order valence-electron chi connectivity index (χ4n) is 1.51. The van der Waals surface area contributed by atoms with Crippen LogP contribution in [-0.2, 0) is 9.53 Å². The summed E-state index contributed by atoms with van der Waals surface area (Å²) in [5, 5.41) is 54.7. The maximum Gasteiger partial charge on any atom is 0.364 e. The van der Waals surface area contributed by atoms with E-state index in [1.165, 1.54) is 0 Å². The van der Waals surface area contributed by atoms with Crippen LogP contribution in [0.15, 0.2) is 0 Å². The molecular formula is C8H14O8. The maximum atomic E-state index is 10.7. The molecule has 8 heteroatoms. The molecule has 0 unspecified atom stereocenters. The third-order valence-corrected chi connectivity index (χ3v) is 2.45. The van der Waals surface area contributed by atoms with Crippen molar-refractivity contribution in [1.29, 1.82) is 0 Å². The molecule has 94 valence electrons. The highest BCUT2D eigenvalue weighted by molar-refractivity contribution is 5.75. The number of hydrogen-bond donors (Lipinski definition) is 6. The first kappa shape index (κ1) is 13.3. The monoisotopic (exact) mass is 238 g/mol. The molecule has 1 aliphatic heterocycles. The number of aliphatic hydroxyl groups excluding tert-OH is 4. The van der Waals surface area contributed by atoms with Gasteiger partial charge < -0.3 is 35.4 Å². The summed E-state index contributed by atoms with van der Waals surface area (Å²) in [4.78, 5) is 10.7. The zero-order valence-electron chi connectivity index (χ0n) is 8.22. The van der Waals surface area contributed by atoms with E-state index in [0.29, 0.717) is 0 Å². The number of carboxylic acid groups (broad SMARTS) is 1. The second-order valence-corrected chi connectivity index (χ2v) is 3.68. The minimum absolute atomic E-state index is 0.724. The molecule has 0 aliphatic carbocycles. The second-order valence-electron chi connectivity index (χ2n) is 3.68. The predicted octanol–water partition coefficient (Wildman–Crippen LogP) is -3.38. The van der Waals surface area contributed by atoms with E-state index < -0.39 is 49.2 Å². The smallest absolute Gasteiger partial charge is 0.364 e. The Labute approximate surface area is 90.3 Å². The lowest BCUT2D eigenvalue weighted by Crippen LogP contribution is -2.61. The van der Waals surface area contributed by atoms with Gasteiger partial charge in [0.2, 0.25) is 0 Å². The Morgan fingerprint density at radius 2 is 2.06 bits per heavy atom. The first-order valence-electron chi connectivity index (χ1n) is 4.60. The molecule has 1 aliphatic rings. The van der Waals surface area contributed by atoms with Crippen molar-refractivity contribution < 1.29 is 40.2 Å². The van der Waals surface area contributed by atoms with Crippen LogP contribution in [0.1, 0.15) is 6.42 Å². The predicted molar refractivity (Wildman–Crippen MR) is 47.2 cm³/mol. The van der Waals surface area contributed by atoms with E-state index in [0.717, 1.165) is 0 Å². The third-order valence-electron chi connectivity index (χ3n) is 2.45. The first-order valence-corrected chi connectivity index (χ1v) is 4.60. The van der Waals surface area contributed by atoms with Crippen LogP contribution in [0.2, 0.25) is 0 Å². The third kappa shape index (κ3) is 2.32. The largest absolute Gasteiger partial charge is 0.477 e. The van der Waals surface area contributed by atoms with Gasteiger partial charge in [-0.1, -0.05) is 0 Å². The van der Waals surface area contributed by atoms with Crippen LogP contribution >= 0.6 is 0 Å². The Morgan fingerprint density at radius 1 is 1.50 bits per heavy atom. The summed E-state index contributed by atoms with van der Waals surface area (Å²) in [5.74, 6) is -4.42. The van der Waals surface area contributed by atoms with Crippen molar-refractivity contribution in [3.63, 3.8) is 0 Å². The zero-order valence-corrected chi connectivity index (χ0v) is 8.22. The van der Waals surface area contributed by atoms with Crippen molar-refractivity contribution in [2.45, 2.75) is 36.6 Å². The molecule has 1 rings (SSSR count). The highest BCUT2D eigenvalue weighted by Crippen LogP contribution is 2.29. The lowest BCUT2D eigenvalue weighted by atomic mass is 9.93. The van der Waals surface area contributed by atoms with Crippen molar-refractivity contribution in [3.05, 3.63) is 0 Å². The minimum atomic E-state index is -2.68. The van der Waals surface area contributed by atoms with E-state index in [2.05, 4.69) is 4.74 Å². The Morgan fingerprint density at radius 3 is 2.50 bits per heavy atom. The minimum Gasteiger partial charge on any atom is -0.477 e. The Bertz CT molecular complexity index is 269. The van der Waals surface area contributed by atoms with Crippen molar-refractivity contribution in [2.75, 3.05) is 6.61 Å². The summed E-state index contributed by atoms with van der Waals surface area (Å²) in [6.45, 7) is -0.801. The molecule has 0 bridgehead atoms. The molecule has 5 atom stereocenters. The molecule has 0 spiro atoms. The van der Waals surface area contributed by atoms with Crippen molar-refractivity contribution in [3.8, 4) is 0 Å². The molecule has 16 heavy (non-hydrogen) atoms. The summed E-state index contributed by atoms with van der Waals surface area (Å²) < 4.78 is 4.61. The summed E-state index contributed by atoms with van der Waals surface area (Å²) in [6.07, 6.45) is -7.05. The van der Waals surface area contributed by atoms with Gasteiger partial charge in [0.15, 0.2) is 0 Å². The highest BCUT2D eigenvalue weighted by Gasteiger charge is 2.52. The Kier molecular flexibility index (Phi) is 3.84. The van der Waals surface area contributed by atoms with E-state index in [1.807, 2.05) is 0 Å². The molecule has 0 aromatic rings. The van der Waals surface area contributed by atoms with Crippen LogP contribution in [-0.4, -0.2) is 73.4 Å². The lowest BCUT2D eigenvalue weighted by molar-refractivity contribution is -0.308. The van der Waals surface area contributed by atoms with Gasteiger partial charge >= 0.3 is 5.97 Å². The van der Waals surface area contributed by atoms with Gasteiger partial charge in [0, 0.05) is 6.42 Å². The average Bonchev–Trinajstić information content (AvgIpc) is 2.22. The molecular weight excluding hydrogens is 224 g/mol. The molecule has 1 saturated heterocycles. The van der Waals surface area contributed by atoms with Crippen LogP contribution < -0.4 is 0 Å². The van der Waals surface area contributed by atoms with Crippen LogP contribution in [0.5, 0.6) is 0 Å². The normalized spacial score (nSPS) is 41.7. The van der Waals surface area contributed by atoms with E-state index in [1.54, 1.807) is 0 Å². The summed E-state index contributed by atoms with van der Waals surface area (Å²) in [5.41, 5.74) is 0. The molecule has 1 heterocycles. The van der Waals surface area contributed by atoms with Gasteiger partial charge in [0.05, 0.1) is 12.7 Å². The molecule has 1 fully saturated rings. The summed E-state index contributed by atoms with van der Waals surface area (Å²) in [6, 6.07) is 0. The van der Waals surface area contributed by atoms with E-state index in [-0.39, 0.29) is 0 Å². The first-order chi connectivity index (χ1) is 7.31. The van der Waals surface area contributed by atoms with Gasteiger partial charge in [0.1, 0.15) is 18.3 Å². The fraction of sp³-hybridized carbons (Fsp3) is 0.875. The molecule has 0 amide bonds. The zero-order chi connectivity index (χ0) is 12.5. The van der Waals surface area contributed by atoms with Gasteiger partial charge in [-0.25, -0.2) is 4.79 Å². The number of aliphatic carboxylic acids is 1. The fourth-order valence-corrected chi connectivity index (χ4v) is 1.51. The Balaban J connectivity index is 2.89. The van der Waals surface area contributed by atoms with Crippen LogP contribution in [0.3, 0.4) is 0 Å². The maximum absolute atomic E-state index is 10.7. The Hall–Kier alpha value is -0.770. The van der Waals surface area contributed by atoms with Gasteiger partial charge in [-0.2, -0.15) is 0 Å². The average molecular weight is 238 g/mol. The van der Waals surface area contributed by atoms with Gasteiger partial charge in [0.25, 0.3) is 5.79 Å². The molecule has 6 N–H and O–H groups in total. The van der Waals surface area contributed by atoms with Crippen molar-refractivity contribution >= 4 is 5.97 Å². The number of carboxylic acids is 1. The number of aliphatic hydroxyl groups is 5. The van der Waals surface area contributed by atoms with Crippen LogP contribution in [0, 0.1) is 0 Å². The molecule has 0 aromatic carbocycles. The molecule has 0 aromatic heterocycles. The summed E-state index contributed by atoms with van der Waals surface area (Å²) >= 11 is 0. The van der Waals surface area contributed by atoms with E-state index in [9.17, 15) is 25.2 Å². The van der Waals surface area contributed by atoms with Gasteiger partial charge in [-0.15, -0.1) is 0 Å². The molecule has 0 radical (unpaired) electrons. The van der Waals surface area contributed by atoms with Gasteiger partial charge in [-0.05, 0) is 0 Å². The van der Waals surface area contributed by atoms with E-state index >= 15 is 0 Å². The number of hydrogen-bond acceptors (Lipinski definition) is 7. The standard InChI is InChI=1S/C8H14O8/c9-2-4(11)6-5(12)3(10)1-8(15,16-6)7(13)14/h3-6,9-12,15H,1-2H2,(H,13,14)/t3-,4+,5-,6-,8-/m0/s1. The molecule has 0 saturated carbocycles. The highest BCUT2D eigenvalue weighted by atomic mass is 16.7. The number of rotatable bonds is 3. The van der Waals surface area contributed by atoms with Crippen LogP contribution in [0.25, 0.3) is 0 Å². The number of ether oxygens (including phenoxy) is 1. The van der Waals surface area contributed by atoms with Crippen LogP contribution in [0.4, 0.5) is 0 Å². The second kappa shape index (κ2) is 4.62. The quantitative estimate of drug-likeness (QED) is 0.298. The number of carbonyl (C=O) groups is 1. The van der Waals surface area contributed by atoms with E-state index in [4.69, 9.17) is 10.2 Å². The lowest BCUT2D eigenvalue weighted by Gasteiger charge is -2.41. The SMILES string of the molecule is O=C(O)[C@]1(O)C[C@H](O)[C@H](O)[C@H]([C@H](O)CO)O1. The van der Waals surface area contributed by atoms with Crippen molar-refractivity contribution in [1.82, 2.24) is 0 Å². The molecule has 8 nitrogen and oxygen atoms in total. The topological polar surface area (TPSA) is 148 Å². The van der Waals surface area contributed by atoms with Crippen molar-refractivity contribution in [2.24, 2.45) is 0 Å².